The van der Waals surface area contributed by atoms with Crippen molar-refractivity contribution in [2.24, 2.45) is 0 Å². The lowest BCUT2D eigenvalue weighted by Crippen LogP contribution is -2.36. The fraction of sp³-hybridized carbons (Fsp3) is 0.357. The van der Waals surface area contributed by atoms with Gasteiger partial charge in [0.05, 0.1) is 22.3 Å². The summed E-state index contributed by atoms with van der Waals surface area (Å²) in [6.45, 7) is 0. The van der Waals surface area contributed by atoms with Crippen LogP contribution in [0.25, 0.3) is 11.4 Å². The molecule has 0 saturated carbocycles. The zero-order chi connectivity index (χ0) is 18.0. The number of nitrogens with two attached hydrogens (primary N) is 1. The summed E-state index contributed by atoms with van der Waals surface area (Å²) in [4.78, 5) is 12.0. The third-order valence-corrected chi connectivity index (χ3v) is 6.75. The van der Waals surface area contributed by atoms with Crippen molar-refractivity contribution in [3.05, 3.63) is 29.3 Å². The van der Waals surface area contributed by atoms with Gasteiger partial charge >= 0.3 is 0 Å². The van der Waals surface area contributed by atoms with Gasteiger partial charge in [0.1, 0.15) is 0 Å². The second kappa shape index (κ2) is 7.22. The molecule has 1 saturated heterocycles. The largest absolute Gasteiger partial charge is 0.352 e. The number of carbonyl (C=O) groups is 1. The predicted molar refractivity (Wildman–Crippen MR) is 96.5 cm³/mol. The van der Waals surface area contributed by atoms with Crippen molar-refractivity contribution in [3.63, 3.8) is 0 Å². The van der Waals surface area contributed by atoms with Crippen molar-refractivity contribution in [2.45, 2.75) is 17.6 Å². The molecule has 8 nitrogen and oxygen atoms in total. The molecule has 25 heavy (non-hydrogen) atoms. The molecule has 1 atom stereocenters. The summed E-state index contributed by atoms with van der Waals surface area (Å²) >= 11 is 7.25. The van der Waals surface area contributed by atoms with Gasteiger partial charge in [-0.25, -0.2) is 13.1 Å². The van der Waals surface area contributed by atoms with Crippen LogP contribution >= 0.6 is 23.4 Å². The van der Waals surface area contributed by atoms with Crippen LogP contribution in [0.15, 0.2) is 29.4 Å². The number of halogens is 1. The molecule has 1 aliphatic rings. The molecule has 0 unspecified atom stereocenters. The molecule has 1 aromatic heterocycles. The first-order chi connectivity index (χ1) is 11.9. The third-order valence-electron chi connectivity index (χ3n) is 3.71. The summed E-state index contributed by atoms with van der Waals surface area (Å²) < 4.78 is 24.1. The Kier molecular flexibility index (Phi) is 5.21. The molecular weight excluding hydrogens is 386 g/mol. The summed E-state index contributed by atoms with van der Waals surface area (Å²) in [7, 11) is -3.03. The Hall–Kier alpha value is -1.78. The number of amides is 1. The summed E-state index contributed by atoms with van der Waals surface area (Å²) in [5.41, 5.74) is 0.645. The lowest BCUT2D eigenvalue weighted by molar-refractivity contribution is -0.119. The summed E-state index contributed by atoms with van der Waals surface area (Å²) in [5.74, 6) is 6.29. The van der Waals surface area contributed by atoms with E-state index in [9.17, 15) is 13.2 Å². The average molecular weight is 402 g/mol. The highest BCUT2D eigenvalue weighted by molar-refractivity contribution is 7.99. The quantitative estimate of drug-likeness (QED) is 0.559. The molecule has 0 bridgehead atoms. The van der Waals surface area contributed by atoms with E-state index in [1.165, 1.54) is 4.68 Å². The van der Waals surface area contributed by atoms with Crippen LogP contribution in [0, 0.1) is 0 Å². The topological polar surface area (TPSA) is 120 Å². The van der Waals surface area contributed by atoms with Crippen LogP contribution in [0.3, 0.4) is 0 Å². The molecule has 0 spiro atoms. The number of aromatic nitrogens is 3. The Bertz CT molecular complexity index is 900. The normalized spacial score (nSPS) is 19.0. The van der Waals surface area contributed by atoms with Crippen molar-refractivity contribution < 1.29 is 13.2 Å². The van der Waals surface area contributed by atoms with Crippen LogP contribution in [0.5, 0.6) is 0 Å². The Morgan fingerprint density at radius 2 is 2.16 bits per heavy atom. The van der Waals surface area contributed by atoms with Crippen molar-refractivity contribution >= 4 is 39.1 Å². The van der Waals surface area contributed by atoms with Crippen LogP contribution in [-0.4, -0.2) is 52.5 Å². The zero-order valence-electron chi connectivity index (χ0n) is 13.1. The number of carbonyl (C=O) groups excluding carboxylic acids is 1. The maximum atomic E-state index is 12.0. The fourth-order valence-corrected chi connectivity index (χ4v) is 5.07. The molecule has 3 rings (SSSR count). The highest BCUT2D eigenvalue weighted by atomic mass is 35.5. The predicted octanol–water partition coefficient (Wildman–Crippen LogP) is 0.708. The molecule has 0 aliphatic carbocycles. The van der Waals surface area contributed by atoms with E-state index < -0.39 is 9.84 Å². The van der Waals surface area contributed by atoms with Crippen LogP contribution in [0.2, 0.25) is 5.02 Å². The van der Waals surface area contributed by atoms with Crippen molar-refractivity contribution in [1.82, 2.24) is 20.2 Å². The highest BCUT2D eigenvalue weighted by Gasteiger charge is 2.29. The number of nitrogen functional groups attached to an aromatic ring is 1. The number of nitrogens with one attached hydrogen (secondary N) is 1. The SMILES string of the molecule is Nn1c(SCC(=O)N[C@H]2CCS(=O)(=O)C2)nnc1-c1ccccc1Cl. The van der Waals surface area contributed by atoms with E-state index in [0.717, 1.165) is 11.8 Å². The van der Waals surface area contributed by atoms with E-state index in [1.54, 1.807) is 18.2 Å². The molecule has 11 heteroatoms. The standard InChI is InChI=1S/C14H16ClN5O3S2/c15-11-4-2-1-3-10(11)13-18-19-14(20(13)16)24-7-12(21)17-9-5-6-25(22,23)8-9/h1-4,9H,5-8,16H2,(H,17,21)/t9-/m0/s1. The maximum Gasteiger partial charge on any atom is 0.230 e. The average Bonchev–Trinajstić information content (AvgIpc) is 3.08. The number of sulfone groups is 1. The lowest BCUT2D eigenvalue weighted by atomic mass is 10.2. The maximum absolute atomic E-state index is 12.0. The third kappa shape index (κ3) is 4.25. The first kappa shape index (κ1) is 18.0. The first-order valence-corrected chi connectivity index (χ1v) is 10.6. The van der Waals surface area contributed by atoms with Crippen LogP contribution in [-0.2, 0) is 14.6 Å². The van der Waals surface area contributed by atoms with Crippen LogP contribution in [0.4, 0.5) is 0 Å². The van der Waals surface area contributed by atoms with E-state index in [0.29, 0.717) is 28.0 Å². The molecule has 1 amide bonds. The molecule has 1 aromatic carbocycles. The van der Waals surface area contributed by atoms with Crippen LogP contribution in [0.1, 0.15) is 6.42 Å². The fourth-order valence-electron chi connectivity index (χ4n) is 2.51. The minimum absolute atomic E-state index is 0.00681. The molecule has 2 aromatic rings. The van der Waals surface area contributed by atoms with Gasteiger partial charge in [0.2, 0.25) is 11.1 Å². The van der Waals surface area contributed by atoms with Gasteiger partial charge in [-0.3, -0.25) is 4.79 Å². The Morgan fingerprint density at radius 3 is 2.84 bits per heavy atom. The molecule has 1 fully saturated rings. The van der Waals surface area contributed by atoms with Crippen molar-refractivity contribution in [2.75, 3.05) is 23.1 Å². The van der Waals surface area contributed by atoms with Crippen LogP contribution < -0.4 is 11.2 Å². The number of nitrogens with zero attached hydrogens (tertiary/aromatic N) is 3. The number of benzene rings is 1. The first-order valence-electron chi connectivity index (χ1n) is 7.44. The minimum atomic E-state index is -3.03. The molecule has 3 N–H and O–H groups in total. The van der Waals surface area contributed by atoms with Crippen molar-refractivity contribution in [1.29, 1.82) is 0 Å². The minimum Gasteiger partial charge on any atom is -0.352 e. The Labute approximate surface area is 154 Å². The number of rotatable bonds is 5. The van der Waals surface area contributed by atoms with Gasteiger partial charge in [-0.2, -0.15) is 0 Å². The Balaban J connectivity index is 1.61. The van der Waals surface area contributed by atoms with E-state index >= 15 is 0 Å². The van der Waals surface area contributed by atoms with E-state index in [1.807, 2.05) is 6.07 Å². The zero-order valence-corrected chi connectivity index (χ0v) is 15.4. The van der Waals surface area contributed by atoms with Gasteiger partial charge in [-0.15, -0.1) is 10.2 Å². The van der Waals surface area contributed by atoms with Gasteiger partial charge in [0, 0.05) is 11.6 Å². The monoisotopic (exact) mass is 401 g/mol. The van der Waals surface area contributed by atoms with Gasteiger partial charge < -0.3 is 11.2 Å². The van der Waals surface area contributed by atoms with Gasteiger partial charge in [0.25, 0.3) is 0 Å². The summed E-state index contributed by atoms with van der Waals surface area (Å²) in [5, 5.41) is 11.6. The number of hydrogen-bond acceptors (Lipinski definition) is 7. The molecule has 1 aliphatic heterocycles. The molecule has 0 radical (unpaired) electrons. The second-order valence-electron chi connectivity index (χ2n) is 5.61. The lowest BCUT2D eigenvalue weighted by Gasteiger charge is -2.10. The molecule has 134 valence electrons. The second-order valence-corrected chi connectivity index (χ2v) is 9.19. The van der Waals surface area contributed by atoms with E-state index in [-0.39, 0.29) is 29.2 Å². The highest BCUT2D eigenvalue weighted by Crippen LogP contribution is 2.27. The molecular formula is C14H16ClN5O3S2. The number of thioether (sulfide) groups is 1. The van der Waals surface area contributed by atoms with E-state index in [2.05, 4.69) is 15.5 Å². The summed E-state index contributed by atoms with van der Waals surface area (Å²) in [6, 6.07) is 6.78. The number of hydrogen-bond donors (Lipinski definition) is 2. The van der Waals surface area contributed by atoms with Gasteiger partial charge in [0.15, 0.2) is 15.7 Å². The van der Waals surface area contributed by atoms with E-state index in [4.69, 9.17) is 17.4 Å². The smallest absolute Gasteiger partial charge is 0.230 e. The van der Waals surface area contributed by atoms with Gasteiger partial charge in [-0.1, -0.05) is 35.5 Å². The molecule has 2 heterocycles. The van der Waals surface area contributed by atoms with Crippen molar-refractivity contribution in [3.8, 4) is 11.4 Å². The summed E-state index contributed by atoms with van der Waals surface area (Å²) in [6.07, 6.45) is 0.447. The Morgan fingerprint density at radius 1 is 1.40 bits per heavy atom. The van der Waals surface area contributed by atoms with Gasteiger partial charge in [-0.05, 0) is 18.6 Å².